The number of aromatic nitrogens is 3. The highest BCUT2D eigenvalue weighted by atomic mass is 127. The highest BCUT2D eigenvalue weighted by Crippen LogP contribution is 2.20. The third-order valence-electron chi connectivity index (χ3n) is 2.65. The van der Waals surface area contributed by atoms with Crippen molar-refractivity contribution in [2.45, 2.75) is 6.54 Å². The van der Waals surface area contributed by atoms with Gasteiger partial charge in [0.1, 0.15) is 18.4 Å². The zero-order valence-electron chi connectivity index (χ0n) is 9.95. The Kier molecular flexibility index (Phi) is 3.49. The quantitative estimate of drug-likeness (QED) is 0.722. The first-order valence-corrected chi connectivity index (χ1v) is 6.83. The molecule has 0 aliphatic rings. The van der Waals surface area contributed by atoms with E-state index in [0.29, 0.717) is 6.54 Å². The lowest BCUT2D eigenvalue weighted by Gasteiger charge is -2.10. The minimum atomic E-state index is 0.634. The second-order valence-corrected chi connectivity index (χ2v) is 4.98. The molecule has 96 valence electrons. The van der Waals surface area contributed by atoms with Gasteiger partial charge < -0.3 is 9.73 Å². The average Bonchev–Trinajstić information content (AvgIpc) is 3.08. The van der Waals surface area contributed by atoms with E-state index in [0.717, 1.165) is 20.9 Å². The molecule has 3 aromatic rings. The van der Waals surface area contributed by atoms with E-state index in [1.807, 2.05) is 36.4 Å². The lowest BCUT2D eigenvalue weighted by Crippen LogP contribution is -2.04. The number of benzene rings is 1. The Bertz CT molecular complexity index is 663. The van der Waals surface area contributed by atoms with Gasteiger partial charge in [0.15, 0.2) is 3.77 Å². The van der Waals surface area contributed by atoms with Crippen molar-refractivity contribution in [1.82, 2.24) is 14.8 Å². The largest absolute Gasteiger partial charge is 0.454 e. The molecule has 6 heteroatoms. The minimum Gasteiger partial charge on any atom is -0.454 e. The summed E-state index contributed by atoms with van der Waals surface area (Å²) in [6.45, 7) is 0.634. The number of hydrogen-bond acceptors (Lipinski definition) is 4. The maximum Gasteiger partial charge on any atom is 0.164 e. The maximum atomic E-state index is 5.53. The van der Waals surface area contributed by atoms with Crippen LogP contribution >= 0.6 is 22.6 Å². The predicted octanol–water partition coefficient (Wildman–Crippen LogP) is 3.08. The molecule has 0 spiro atoms. The fourth-order valence-corrected chi connectivity index (χ4v) is 2.25. The SMILES string of the molecule is Ic1ccc(CNc2ccccc2-n2cncn2)o1. The number of nitrogens with one attached hydrogen (secondary N) is 1. The summed E-state index contributed by atoms with van der Waals surface area (Å²) in [4.78, 5) is 3.97. The van der Waals surface area contributed by atoms with Crippen LogP contribution in [0.5, 0.6) is 0 Å². The van der Waals surface area contributed by atoms with E-state index < -0.39 is 0 Å². The number of para-hydroxylation sites is 2. The molecule has 2 aromatic heterocycles. The van der Waals surface area contributed by atoms with Crippen molar-refractivity contribution >= 4 is 28.3 Å². The monoisotopic (exact) mass is 366 g/mol. The first kappa shape index (κ1) is 12.2. The molecule has 0 radical (unpaired) electrons. The van der Waals surface area contributed by atoms with Crippen molar-refractivity contribution < 1.29 is 4.42 Å². The van der Waals surface area contributed by atoms with Gasteiger partial charge in [0, 0.05) is 0 Å². The summed E-state index contributed by atoms with van der Waals surface area (Å²) in [5.41, 5.74) is 1.95. The minimum absolute atomic E-state index is 0.634. The van der Waals surface area contributed by atoms with Gasteiger partial charge in [0.05, 0.1) is 17.9 Å². The maximum absolute atomic E-state index is 5.53. The van der Waals surface area contributed by atoms with E-state index >= 15 is 0 Å². The van der Waals surface area contributed by atoms with Crippen LogP contribution in [0.3, 0.4) is 0 Å². The zero-order chi connectivity index (χ0) is 13.1. The van der Waals surface area contributed by atoms with Gasteiger partial charge in [0.2, 0.25) is 0 Å². The molecular formula is C13H11IN4O. The summed E-state index contributed by atoms with van der Waals surface area (Å²) < 4.78 is 8.14. The van der Waals surface area contributed by atoms with Gasteiger partial charge in [-0.25, -0.2) is 9.67 Å². The van der Waals surface area contributed by atoms with E-state index in [1.54, 1.807) is 11.0 Å². The summed E-state index contributed by atoms with van der Waals surface area (Å²) in [6, 6.07) is 11.9. The Hall–Kier alpha value is -1.83. The van der Waals surface area contributed by atoms with E-state index in [4.69, 9.17) is 4.42 Å². The van der Waals surface area contributed by atoms with E-state index in [-0.39, 0.29) is 0 Å². The summed E-state index contributed by atoms with van der Waals surface area (Å²) in [6.07, 6.45) is 3.20. The Morgan fingerprint density at radius 1 is 1.21 bits per heavy atom. The van der Waals surface area contributed by atoms with Gasteiger partial charge in [0.25, 0.3) is 0 Å². The predicted molar refractivity (Wildman–Crippen MR) is 80.1 cm³/mol. The van der Waals surface area contributed by atoms with Crippen LogP contribution in [-0.4, -0.2) is 14.8 Å². The molecule has 0 saturated carbocycles. The lowest BCUT2D eigenvalue weighted by atomic mass is 10.2. The Morgan fingerprint density at radius 2 is 2.11 bits per heavy atom. The number of halogens is 1. The van der Waals surface area contributed by atoms with Crippen molar-refractivity contribution in [3.8, 4) is 5.69 Å². The second-order valence-electron chi connectivity index (χ2n) is 3.92. The topological polar surface area (TPSA) is 55.9 Å². The van der Waals surface area contributed by atoms with Crippen molar-refractivity contribution in [3.05, 3.63) is 58.6 Å². The third-order valence-corrected chi connectivity index (χ3v) is 3.23. The van der Waals surface area contributed by atoms with Gasteiger partial charge in [-0.1, -0.05) is 12.1 Å². The van der Waals surface area contributed by atoms with Gasteiger partial charge in [-0.15, -0.1) is 0 Å². The molecule has 0 unspecified atom stereocenters. The van der Waals surface area contributed by atoms with Gasteiger partial charge >= 0.3 is 0 Å². The van der Waals surface area contributed by atoms with Crippen LogP contribution in [-0.2, 0) is 6.54 Å². The van der Waals surface area contributed by atoms with Crippen LogP contribution in [0.1, 0.15) is 5.76 Å². The number of anilines is 1. The second kappa shape index (κ2) is 5.43. The van der Waals surface area contributed by atoms with Crippen LogP contribution in [0.2, 0.25) is 0 Å². The first-order chi connectivity index (χ1) is 9.33. The number of furan rings is 1. The van der Waals surface area contributed by atoms with Gasteiger partial charge in [-0.2, -0.15) is 5.10 Å². The molecule has 0 aliphatic carbocycles. The zero-order valence-corrected chi connectivity index (χ0v) is 12.1. The molecule has 0 amide bonds. The van der Waals surface area contributed by atoms with Crippen molar-refractivity contribution in [3.63, 3.8) is 0 Å². The van der Waals surface area contributed by atoms with Crippen LogP contribution in [0, 0.1) is 3.77 Å². The number of hydrogen-bond donors (Lipinski definition) is 1. The molecule has 0 bridgehead atoms. The van der Waals surface area contributed by atoms with Crippen molar-refractivity contribution in [1.29, 1.82) is 0 Å². The summed E-state index contributed by atoms with van der Waals surface area (Å²) in [5, 5.41) is 7.49. The van der Waals surface area contributed by atoms with Crippen LogP contribution in [0.25, 0.3) is 5.69 Å². The summed E-state index contributed by atoms with van der Waals surface area (Å²) in [5.74, 6) is 0.901. The summed E-state index contributed by atoms with van der Waals surface area (Å²) >= 11 is 2.15. The Labute approximate surface area is 123 Å². The third kappa shape index (κ3) is 2.78. The average molecular weight is 366 g/mol. The van der Waals surface area contributed by atoms with Crippen LogP contribution < -0.4 is 5.32 Å². The van der Waals surface area contributed by atoms with E-state index in [1.165, 1.54) is 6.33 Å². The summed E-state index contributed by atoms with van der Waals surface area (Å²) in [7, 11) is 0. The van der Waals surface area contributed by atoms with E-state index in [2.05, 4.69) is 38.0 Å². The van der Waals surface area contributed by atoms with E-state index in [9.17, 15) is 0 Å². The Morgan fingerprint density at radius 3 is 2.84 bits per heavy atom. The highest BCUT2D eigenvalue weighted by Gasteiger charge is 2.05. The van der Waals surface area contributed by atoms with Gasteiger partial charge in [-0.3, -0.25) is 0 Å². The molecule has 0 saturated heterocycles. The molecule has 0 fully saturated rings. The van der Waals surface area contributed by atoms with Crippen LogP contribution in [0.4, 0.5) is 5.69 Å². The molecule has 2 heterocycles. The molecule has 0 atom stereocenters. The normalized spacial score (nSPS) is 10.6. The van der Waals surface area contributed by atoms with Crippen molar-refractivity contribution in [2.75, 3.05) is 5.32 Å². The fraction of sp³-hybridized carbons (Fsp3) is 0.0769. The van der Waals surface area contributed by atoms with Crippen LogP contribution in [0.15, 0.2) is 53.5 Å². The Balaban J connectivity index is 1.81. The fourth-order valence-electron chi connectivity index (χ4n) is 1.78. The number of nitrogens with zero attached hydrogens (tertiary/aromatic N) is 3. The molecule has 5 nitrogen and oxygen atoms in total. The first-order valence-electron chi connectivity index (χ1n) is 5.75. The molecule has 1 aromatic carbocycles. The molecule has 3 rings (SSSR count). The van der Waals surface area contributed by atoms with Gasteiger partial charge in [-0.05, 0) is 46.9 Å². The molecular weight excluding hydrogens is 355 g/mol. The van der Waals surface area contributed by atoms with Crippen molar-refractivity contribution in [2.24, 2.45) is 0 Å². The lowest BCUT2D eigenvalue weighted by molar-refractivity contribution is 0.493. The molecule has 19 heavy (non-hydrogen) atoms. The molecule has 1 N–H and O–H groups in total. The standard InChI is InChI=1S/C13H11IN4O/c14-13-6-5-10(19-13)7-16-11-3-1-2-4-12(11)18-9-15-8-17-18/h1-6,8-9,16H,7H2. The highest BCUT2D eigenvalue weighted by molar-refractivity contribution is 14.1. The number of rotatable bonds is 4. The molecule has 0 aliphatic heterocycles. The smallest absolute Gasteiger partial charge is 0.164 e.